The SMILES string of the molecule is Nc1cc(I)c(S(N)(=O)=O)c(C(F)F)n1. The Morgan fingerprint density at radius 1 is 1.47 bits per heavy atom. The summed E-state index contributed by atoms with van der Waals surface area (Å²) in [7, 11) is -4.23. The van der Waals surface area contributed by atoms with Crippen molar-refractivity contribution in [2.75, 3.05) is 5.73 Å². The van der Waals surface area contributed by atoms with Gasteiger partial charge in [0.05, 0.1) is 0 Å². The summed E-state index contributed by atoms with van der Waals surface area (Å²) in [5.41, 5.74) is 4.31. The number of hydrogen-bond donors (Lipinski definition) is 2. The van der Waals surface area contributed by atoms with E-state index in [1.807, 2.05) is 0 Å². The van der Waals surface area contributed by atoms with Gasteiger partial charge in [-0.05, 0) is 28.7 Å². The number of rotatable bonds is 2. The largest absolute Gasteiger partial charge is 0.384 e. The van der Waals surface area contributed by atoms with Crippen LogP contribution < -0.4 is 10.9 Å². The molecule has 0 aliphatic carbocycles. The van der Waals surface area contributed by atoms with Gasteiger partial charge < -0.3 is 5.73 Å². The van der Waals surface area contributed by atoms with Crippen molar-refractivity contribution in [3.05, 3.63) is 15.3 Å². The highest BCUT2D eigenvalue weighted by Gasteiger charge is 2.25. The maximum absolute atomic E-state index is 12.5. The molecule has 1 heterocycles. The van der Waals surface area contributed by atoms with E-state index in [0.29, 0.717) is 0 Å². The van der Waals surface area contributed by atoms with Gasteiger partial charge in [0.15, 0.2) is 0 Å². The molecule has 0 unspecified atom stereocenters. The smallest absolute Gasteiger partial charge is 0.281 e. The number of primary sulfonamides is 1. The third-order valence-corrected chi connectivity index (χ3v) is 3.68. The van der Waals surface area contributed by atoms with Crippen molar-refractivity contribution >= 4 is 38.4 Å². The van der Waals surface area contributed by atoms with E-state index in [9.17, 15) is 17.2 Å². The molecule has 0 atom stereocenters. The summed E-state index contributed by atoms with van der Waals surface area (Å²) < 4.78 is 47.1. The lowest BCUT2D eigenvalue weighted by molar-refractivity contribution is 0.142. The minimum Gasteiger partial charge on any atom is -0.384 e. The maximum atomic E-state index is 12.5. The predicted molar refractivity (Wildman–Crippen MR) is 57.7 cm³/mol. The van der Waals surface area contributed by atoms with E-state index >= 15 is 0 Å². The standard InChI is InChI=1S/C6H6F2IN3O2S/c7-6(8)4-5(15(11,13)14)2(9)1-3(10)12-4/h1,6H,(H2,10,12)(H2,11,13,14). The van der Waals surface area contributed by atoms with Gasteiger partial charge in [0.1, 0.15) is 16.4 Å². The van der Waals surface area contributed by atoms with Crippen LogP contribution in [0, 0.1) is 3.57 Å². The number of nitrogen functional groups attached to an aromatic ring is 1. The van der Waals surface area contributed by atoms with E-state index in [4.69, 9.17) is 10.9 Å². The molecule has 9 heteroatoms. The fourth-order valence-corrected chi connectivity index (χ4v) is 3.24. The quantitative estimate of drug-likeness (QED) is 0.774. The number of nitrogens with zero attached hydrogens (tertiary/aromatic N) is 1. The zero-order chi connectivity index (χ0) is 11.8. The Bertz CT molecular complexity index is 491. The van der Waals surface area contributed by atoms with Crippen LogP contribution in [0.5, 0.6) is 0 Å². The van der Waals surface area contributed by atoms with Gasteiger partial charge in [0, 0.05) is 3.57 Å². The first kappa shape index (κ1) is 12.5. The molecule has 0 radical (unpaired) electrons. The number of hydrogen-bond acceptors (Lipinski definition) is 4. The van der Waals surface area contributed by atoms with Gasteiger partial charge in [0.25, 0.3) is 6.43 Å². The fraction of sp³-hybridized carbons (Fsp3) is 0.167. The second-order valence-electron chi connectivity index (χ2n) is 2.59. The lowest BCUT2D eigenvalue weighted by Gasteiger charge is -2.08. The minimum atomic E-state index is -4.23. The summed E-state index contributed by atoms with van der Waals surface area (Å²) in [6.07, 6.45) is -3.05. The molecule has 0 aliphatic heterocycles. The van der Waals surface area contributed by atoms with Crippen molar-refractivity contribution in [3.63, 3.8) is 0 Å². The average Bonchev–Trinajstić information content (AvgIpc) is 1.99. The minimum absolute atomic E-state index is 0.0258. The van der Waals surface area contributed by atoms with E-state index in [-0.39, 0.29) is 9.39 Å². The molecule has 5 nitrogen and oxygen atoms in total. The number of halogens is 3. The van der Waals surface area contributed by atoms with Gasteiger partial charge in [-0.3, -0.25) is 0 Å². The molecule has 0 spiro atoms. The van der Waals surface area contributed by atoms with Crippen LogP contribution in [-0.2, 0) is 10.0 Å². The van der Waals surface area contributed by atoms with Crippen molar-refractivity contribution < 1.29 is 17.2 Å². The lowest BCUT2D eigenvalue weighted by atomic mass is 10.3. The van der Waals surface area contributed by atoms with Crippen LogP contribution in [0.2, 0.25) is 0 Å². The molecule has 0 saturated carbocycles. The molecule has 0 fully saturated rings. The molecule has 1 rings (SSSR count). The highest BCUT2D eigenvalue weighted by molar-refractivity contribution is 14.1. The van der Waals surface area contributed by atoms with Crippen LogP contribution in [0.3, 0.4) is 0 Å². The Morgan fingerprint density at radius 2 is 2.00 bits per heavy atom. The second-order valence-corrected chi connectivity index (χ2v) is 5.25. The van der Waals surface area contributed by atoms with Gasteiger partial charge in [0.2, 0.25) is 10.0 Å². The highest BCUT2D eigenvalue weighted by atomic mass is 127. The Kier molecular flexibility index (Phi) is 3.45. The molecule has 1 aromatic heterocycles. The molecule has 4 N–H and O–H groups in total. The third-order valence-electron chi connectivity index (χ3n) is 1.46. The van der Waals surface area contributed by atoms with Crippen molar-refractivity contribution in [2.24, 2.45) is 5.14 Å². The number of alkyl halides is 2. The van der Waals surface area contributed by atoms with E-state index in [1.54, 1.807) is 22.6 Å². The van der Waals surface area contributed by atoms with Crippen LogP contribution in [0.1, 0.15) is 12.1 Å². The van der Waals surface area contributed by atoms with E-state index < -0.39 is 27.0 Å². The fourth-order valence-electron chi connectivity index (χ4n) is 0.969. The molecular formula is C6H6F2IN3O2S. The summed E-state index contributed by atoms with van der Waals surface area (Å²) in [6.45, 7) is 0. The zero-order valence-electron chi connectivity index (χ0n) is 7.12. The Labute approximate surface area is 98.0 Å². The molecule has 1 aromatic rings. The van der Waals surface area contributed by atoms with Crippen LogP contribution >= 0.6 is 22.6 Å². The van der Waals surface area contributed by atoms with Gasteiger partial charge in [-0.15, -0.1) is 0 Å². The third kappa shape index (κ3) is 2.72. The summed E-state index contributed by atoms with van der Waals surface area (Å²) in [5, 5.41) is 4.80. The number of nitrogens with two attached hydrogens (primary N) is 2. The number of sulfonamides is 1. The van der Waals surface area contributed by atoms with Crippen molar-refractivity contribution in [1.82, 2.24) is 4.98 Å². The summed E-state index contributed by atoms with van der Waals surface area (Å²) in [5.74, 6) is -0.179. The van der Waals surface area contributed by atoms with Crippen LogP contribution in [0.4, 0.5) is 14.6 Å². The van der Waals surface area contributed by atoms with E-state index in [0.717, 1.165) is 6.07 Å². The van der Waals surface area contributed by atoms with Gasteiger partial charge in [-0.25, -0.2) is 27.3 Å². The summed E-state index contributed by atoms with van der Waals surface area (Å²) in [4.78, 5) is 2.59. The summed E-state index contributed by atoms with van der Waals surface area (Å²) in [6, 6.07) is 1.16. The topological polar surface area (TPSA) is 99.1 Å². The maximum Gasteiger partial charge on any atom is 0.281 e. The molecular weight excluding hydrogens is 343 g/mol. The van der Waals surface area contributed by atoms with Gasteiger partial charge in [-0.1, -0.05) is 0 Å². The van der Waals surface area contributed by atoms with Gasteiger partial charge in [-0.2, -0.15) is 0 Å². The molecule has 15 heavy (non-hydrogen) atoms. The number of anilines is 1. The lowest BCUT2D eigenvalue weighted by Crippen LogP contribution is -2.18. The molecule has 0 saturated heterocycles. The number of aromatic nitrogens is 1. The highest BCUT2D eigenvalue weighted by Crippen LogP contribution is 2.29. The Morgan fingerprint density at radius 3 is 2.40 bits per heavy atom. The van der Waals surface area contributed by atoms with Crippen LogP contribution in [0.15, 0.2) is 11.0 Å². The van der Waals surface area contributed by atoms with E-state index in [1.165, 1.54) is 0 Å². The normalized spacial score (nSPS) is 12.1. The van der Waals surface area contributed by atoms with Crippen LogP contribution in [-0.4, -0.2) is 13.4 Å². The van der Waals surface area contributed by atoms with Crippen LogP contribution in [0.25, 0.3) is 0 Å². The Hall–Kier alpha value is -0.550. The predicted octanol–water partition coefficient (Wildman–Crippen LogP) is 0.853. The first-order valence-electron chi connectivity index (χ1n) is 3.50. The average molecular weight is 349 g/mol. The first-order valence-corrected chi connectivity index (χ1v) is 6.13. The molecule has 0 bridgehead atoms. The molecule has 84 valence electrons. The van der Waals surface area contributed by atoms with Crippen molar-refractivity contribution in [2.45, 2.75) is 11.3 Å². The molecule has 0 aromatic carbocycles. The summed E-state index contributed by atoms with van der Waals surface area (Å²) >= 11 is 1.56. The van der Waals surface area contributed by atoms with Crippen molar-refractivity contribution in [3.8, 4) is 0 Å². The molecule has 0 amide bonds. The monoisotopic (exact) mass is 349 g/mol. The second kappa shape index (κ2) is 4.14. The van der Waals surface area contributed by atoms with Crippen molar-refractivity contribution in [1.29, 1.82) is 0 Å². The van der Waals surface area contributed by atoms with E-state index in [2.05, 4.69) is 4.98 Å². The number of pyridine rings is 1. The first-order chi connectivity index (χ1) is 6.73. The molecule has 0 aliphatic rings. The zero-order valence-corrected chi connectivity index (χ0v) is 10.1. The Balaban J connectivity index is 3.62. The van der Waals surface area contributed by atoms with Gasteiger partial charge >= 0.3 is 0 Å².